The number of hydrogen-bond acceptors (Lipinski definition) is 3. The third-order valence-electron chi connectivity index (χ3n) is 5.75. The van der Waals surface area contributed by atoms with E-state index in [1.807, 2.05) is 36.4 Å². The van der Waals surface area contributed by atoms with Gasteiger partial charge in [-0.1, -0.05) is 46.3 Å². The smallest absolute Gasteiger partial charge is 0.291 e. The molecule has 1 aliphatic rings. The van der Waals surface area contributed by atoms with Gasteiger partial charge < -0.3 is 14.2 Å². The zero-order valence-electron chi connectivity index (χ0n) is 16.6. The van der Waals surface area contributed by atoms with Crippen molar-refractivity contribution in [3.05, 3.63) is 80.1 Å². The summed E-state index contributed by atoms with van der Waals surface area (Å²) in [6, 6.07) is 14.6. The van der Waals surface area contributed by atoms with Crippen LogP contribution < -0.4 is 10.3 Å². The molecule has 2 heterocycles. The highest BCUT2D eigenvalue weighted by Gasteiger charge is 2.42. The van der Waals surface area contributed by atoms with E-state index in [-0.39, 0.29) is 17.1 Å². The number of carbonyl (C=O) groups is 1. The van der Waals surface area contributed by atoms with Crippen molar-refractivity contribution >= 4 is 32.8 Å². The Bertz CT molecular complexity index is 1110. The van der Waals surface area contributed by atoms with Crippen LogP contribution in [0, 0.1) is 0 Å². The minimum absolute atomic E-state index is 0.137. The molecule has 0 unspecified atom stereocenters. The van der Waals surface area contributed by atoms with Crippen LogP contribution in [0.2, 0.25) is 0 Å². The van der Waals surface area contributed by atoms with Gasteiger partial charge in [-0.15, -0.1) is 0 Å². The van der Waals surface area contributed by atoms with Crippen molar-refractivity contribution in [3.63, 3.8) is 0 Å². The average Bonchev–Trinajstić information content (AvgIpc) is 3.02. The van der Waals surface area contributed by atoms with E-state index in [1.54, 1.807) is 17.0 Å². The van der Waals surface area contributed by atoms with Gasteiger partial charge >= 0.3 is 0 Å². The first-order valence-corrected chi connectivity index (χ1v) is 10.8. The zero-order valence-corrected chi connectivity index (χ0v) is 18.2. The Kier molecular flexibility index (Phi) is 5.56. The first-order valence-electron chi connectivity index (χ1n) is 10.0. The predicted molar refractivity (Wildman–Crippen MR) is 116 cm³/mol. The number of fused-ring (bicyclic) bond motifs is 2. The van der Waals surface area contributed by atoms with E-state index in [1.165, 1.54) is 4.90 Å². The first-order chi connectivity index (χ1) is 14.0. The quantitative estimate of drug-likeness (QED) is 0.621. The molecule has 1 N–H and O–H groups in total. The number of nitrogens with zero attached hydrogens (tertiary/aromatic N) is 1. The van der Waals surface area contributed by atoms with Gasteiger partial charge in [-0.3, -0.25) is 9.59 Å². The second kappa shape index (κ2) is 8.13. The largest absolute Gasteiger partial charge is 0.450 e. The van der Waals surface area contributed by atoms with Crippen molar-refractivity contribution in [2.45, 2.75) is 19.9 Å². The first kappa shape index (κ1) is 19.9. The summed E-state index contributed by atoms with van der Waals surface area (Å²) >= 11 is 3.43. The maximum atomic E-state index is 13.4. The van der Waals surface area contributed by atoms with Crippen LogP contribution in [0.15, 0.2) is 62.2 Å². The lowest BCUT2D eigenvalue weighted by Crippen LogP contribution is -3.12. The molecule has 0 spiro atoms. The van der Waals surface area contributed by atoms with Gasteiger partial charge in [0.1, 0.15) is 5.58 Å². The van der Waals surface area contributed by atoms with E-state index in [0.717, 1.165) is 29.7 Å². The molecule has 0 radical (unpaired) electrons. The fourth-order valence-corrected chi connectivity index (χ4v) is 4.45. The Morgan fingerprint density at radius 1 is 1.07 bits per heavy atom. The Morgan fingerprint density at radius 2 is 1.79 bits per heavy atom. The third-order valence-corrected chi connectivity index (χ3v) is 6.24. The maximum absolute atomic E-state index is 13.4. The molecule has 29 heavy (non-hydrogen) atoms. The lowest BCUT2D eigenvalue weighted by molar-refractivity contribution is -0.895. The molecule has 0 fully saturated rings. The van der Waals surface area contributed by atoms with Gasteiger partial charge in [0.2, 0.25) is 5.76 Å². The van der Waals surface area contributed by atoms with Crippen molar-refractivity contribution in [2.24, 2.45) is 0 Å². The minimum Gasteiger partial charge on any atom is -0.450 e. The third kappa shape index (κ3) is 3.51. The molecule has 2 aromatic carbocycles. The van der Waals surface area contributed by atoms with Gasteiger partial charge in [-0.25, -0.2) is 0 Å². The van der Waals surface area contributed by atoms with Crippen molar-refractivity contribution in [2.75, 3.05) is 26.2 Å². The van der Waals surface area contributed by atoms with Gasteiger partial charge in [0, 0.05) is 4.47 Å². The second-order valence-corrected chi connectivity index (χ2v) is 8.25. The van der Waals surface area contributed by atoms with E-state index in [9.17, 15) is 9.59 Å². The van der Waals surface area contributed by atoms with Crippen LogP contribution in [0.3, 0.4) is 0 Å². The normalized spacial score (nSPS) is 16.1. The van der Waals surface area contributed by atoms with Crippen LogP contribution in [0.5, 0.6) is 0 Å². The van der Waals surface area contributed by atoms with E-state index < -0.39 is 6.04 Å². The van der Waals surface area contributed by atoms with E-state index >= 15 is 0 Å². The molecule has 0 saturated carbocycles. The summed E-state index contributed by atoms with van der Waals surface area (Å²) in [6.45, 7) is 7.68. The molecule has 6 heteroatoms. The molecule has 0 saturated heterocycles. The summed E-state index contributed by atoms with van der Waals surface area (Å²) in [4.78, 5) is 29.9. The number of rotatable bonds is 6. The van der Waals surface area contributed by atoms with Crippen LogP contribution in [-0.2, 0) is 0 Å². The lowest BCUT2D eigenvalue weighted by Gasteiger charge is -2.26. The average molecular weight is 456 g/mol. The van der Waals surface area contributed by atoms with Crippen molar-refractivity contribution in [1.82, 2.24) is 4.90 Å². The Labute approximate surface area is 178 Å². The van der Waals surface area contributed by atoms with E-state index in [4.69, 9.17) is 4.42 Å². The maximum Gasteiger partial charge on any atom is 0.291 e. The number of quaternary nitrogens is 1. The van der Waals surface area contributed by atoms with Crippen molar-refractivity contribution in [3.8, 4) is 0 Å². The summed E-state index contributed by atoms with van der Waals surface area (Å²) in [6.07, 6.45) is 0. The predicted octanol–water partition coefficient (Wildman–Crippen LogP) is 3.03. The molecule has 5 nitrogen and oxygen atoms in total. The molecular formula is C23H24BrN2O3+. The number of likely N-dealkylation sites (N-methyl/N-ethyl adjacent to an activating group) is 1. The Balaban J connectivity index is 1.87. The van der Waals surface area contributed by atoms with Crippen LogP contribution in [0.4, 0.5) is 0 Å². The number of halogens is 1. The highest BCUT2D eigenvalue weighted by atomic mass is 79.9. The molecule has 1 aromatic heterocycles. The monoisotopic (exact) mass is 455 g/mol. The van der Waals surface area contributed by atoms with Gasteiger partial charge in [0.05, 0.1) is 43.2 Å². The molecular weight excluding hydrogens is 432 g/mol. The zero-order chi connectivity index (χ0) is 20.5. The molecule has 150 valence electrons. The summed E-state index contributed by atoms with van der Waals surface area (Å²) < 4.78 is 6.78. The lowest BCUT2D eigenvalue weighted by atomic mass is 9.98. The van der Waals surface area contributed by atoms with E-state index in [2.05, 4.69) is 29.8 Å². The standard InChI is InChI=1S/C23H23BrN2O3/c1-3-25(4-2)12-13-26-20(15-8-6-5-7-9-15)19-21(27)17-14-16(24)10-11-18(17)29-22(19)23(26)28/h5-11,14,20H,3-4,12-13H2,1-2H3/p+1/t20-/m1/s1. The fourth-order valence-electron chi connectivity index (χ4n) is 4.09. The van der Waals surface area contributed by atoms with Crippen LogP contribution >= 0.6 is 15.9 Å². The van der Waals surface area contributed by atoms with Crippen LogP contribution in [0.25, 0.3) is 11.0 Å². The van der Waals surface area contributed by atoms with Crippen LogP contribution in [-0.4, -0.2) is 37.0 Å². The van der Waals surface area contributed by atoms with Crippen LogP contribution in [0.1, 0.15) is 41.6 Å². The van der Waals surface area contributed by atoms with Crippen molar-refractivity contribution < 1.29 is 14.1 Å². The van der Waals surface area contributed by atoms with E-state index in [0.29, 0.717) is 23.1 Å². The number of amides is 1. The topological polar surface area (TPSA) is 55.0 Å². The van der Waals surface area contributed by atoms with Crippen molar-refractivity contribution in [1.29, 1.82) is 0 Å². The molecule has 1 amide bonds. The molecule has 1 atom stereocenters. The molecule has 1 aliphatic heterocycles. The Morgan fingerprint density at radius 3 is 2.48 bits per heavy atom. The summed E-state index contributed by atoms with van der Waals surface area (Å²) in [7, 11) is 0. The summed E-state index contributed by atoms with van der Waals surface area (Å²) in [5, 5.41) is 0.489. The highest BCUT2D eigenvalue weighted by Crippen LogP contribution is 2.37. The van der Waals surface area contributed by atoms with Gasteiger partial charge in [-0.2, -0.15) is 0 Å². The SMILES string of the molecule is CC[NH+](CC)CCN1C(=O)c2oc3ccc(Br)cc3c(=O)c2[C@H]1c1ccccc1. The number of benzene rings is 2. The second-order valence-electron chi connectivity index (χ2n) is 7.33. The summed E-state index contributed by atoms with van der Waals surface area (Å²) in [5.41, 5.74) is 1.67. The van der Waals surface area contributed by atoms with Gasteiger partial charge in [-0.05, 0) is 37.6 Å². The molecule has 4 rings (SSSR count). The molecule has 0 bridgehead atoms. The highest BCUT2D eigenvalue weighted by molar-refractivity contribution is 9.10. The van der Waals surface area contributed by atoms with Gasteiger partial charge in [0.15, 0.2) is 5.43 Å². The Hall–Kier alpha value is -2.44. The van der Waals surface area contributed by atoms with Gasteiger partial charge in [0.25, 0.3) is 5.91 Å². The fraction of sp³-hybridized carbons (Fsp3) is 0.304. The summed E-state index contributed by atoms with van der Waals surface area (Å²) in [5.74, 6) is -0.0319. The molecule has 3 aromatic rings. The number of nitrogens with one attached hydrogen (secondary N) is 1. The number of hydrogen-bond donors (Lipinski definition) is 1. The number of carbonyl (C=O) groups excluding carboxylic acids is 1. The minimum atomic E-state index is -0.423. The molecule has 0 aliphatic carbocycles.